The summed E-state index contributed by atoms with van der Waals surface area (Å²) in [6.07, 6.45) is 1.57. The second kappa shape index (κ2) is 20.2. The monoisotopic (exact) mass is 936 g/mol. The summed E-state index contributed by atoms with van der Waals surface area (Å²) in [7, 11) is 0. The molecule has 0 spiro atoms. The molecular formula is C55H59F3N8O3. The Morgan fingerprint density at radius 1 is 0.754 bits per heavy atom. The van der Waals surface area contributed by atoms with Crippen molar-refractivity contribution in [3.63, 3.8) is 0 Å². The van der Waals surface area contributed by atoms with Gasteiger partial charge >= 0.3 is 6.18 Å². The molecule has 3 heterocycles. The standard InChI is InChI=1S/C55H59F3N8O3/c1-7-53(3,4)40-25-24-36(44(34-40)54(5,6)8-2)21-18-28-59-50(67)39-31-38(32-41(33-39)60-51(68)37-19-12-9-13-20-37)48-62-49-47(52(64-66(49)63-48)69-43-22-14-10-15-23-43)61-46-27-26-42(35-45(46)55(56,57)58)65-29-16-11-17-30-65/h9-10,12-15,19-20,22-27,31-35H,7-8,11,16-18,21,28-30H2,1-6H3,(H,59,67)(H,60,68). The summed E-state index contributed by atoms with van der Waals surface area (Å²) in [5.41, 5.74) is 4.36. The number of aryl methyl sites for hydroxylation is 1. The number of ether oxygens (including phenoxy) is 1. The SMILES string of the molecule is CCC(C)(C)c1ccc(CCCNC(=O)c2cc(NC(=O)c3ccccc3)cc(-c3nc4n(n3)N=C(Oc3ccccc3)C4=Nc3ccc(N4CCCCC4)cc3C(F)(F)F)c2)c(C(C)(C)CC)c1. The Balaban J connectivity index is 1.11. The van der Waals surface area contributed by atoms with Crippen LogP contribution < -0.4 is 20.3 Å². The Hall–Kier alpha value is -7.09. The van der Waals surface area contributed by atoms with Crippen molar-refractivity contribution in [1.29, 1.82) is 0 Å². The minimum atomic E-state index is -4.73. The van der Waals surface area contributed by atoms with Crippen molar-refractivity contribution >= 4 is 40.5 Å². The highest BCUT2D eigenvalue weighted by Crippen LogP contribution is 2.40. The lowest BCUT2D eigenvalue weighted by molar-refractivity contribution is -0.137. The van der Waals surface area contributed by atoms with E-state index in [4.69, 9.17) is 9.72 Å². The van der Waals surface area contributed by atoms with Crippen molar-refractivity contribution in [2.75, 3.05) is 29.9 Å². The summed E-state index contributed by atoms with van der Waals surface area (Å²) in [6.45, 7) is 15.2. The first-order chi connectivity index (χ1) is 33.0. The number of amides is 2. The second-order valence-corrected chi connectivity index (χ2v) is 19.0. The van der Waals surface area contributed by atoms with Crippen LogP contribution in [-0.2, 0) is 23.4 Å². The number of hydrogen-bond donors (Lipinski definition) is 2. The number of aliphatic imine (C=N–C) groups is 1. The summed E-state index contributed by atoms with van der Waals surface area (Å²) >= 11 is 0. The van der Waals surface area contributed by atoms with Gasteiger partial charge in [-0.1, -0.05) is 96.1 Å². The Kier molecular flexibility index (Phi) is 14.2. The number of nitrogens with zero attached hydrogens (tertiary/aromatic N) is 6. The number of fused-ring (bicyclic) bond motifs is 1. The maximum Gasteiger partial charge on any atom is 0.418 e. The molecule has 358 valence electrons. The Morgan fingerprint density at radius 2 is 1.46 bits per heavy atom. The lowest BCUT2D eigenvalue weighted by Gasteiger charge is -2.31. The van der Waals surface area contributed by atoms with E-state index in [2.05, 4.69) is 85.6 Å². The molecule has 0 bridgehead atoms. The molecule has 2 aliphatic heterocycles. The van der Waals surface area contributed by atoms with Crippen LogP contribution in [0.15, 0.2) is 125 Å². The molecule has 14 heteroatoms. The molecule has 11 nitrogen and oxygen atoms in total. The van der Waals surface area contributed by atoms with Crippen molar-refractivity contribution in [1.82, 2.24) is 20.2 Å². The van der Waals surface area contributed by atoms with Crippen LogP contribution in [0.5, 0.6) is 5.75 Å². The fraction of sp³-hybridized carbons (Fsp3) is 0.345. The molecule has 8 rings (SSSR count). The van der Waals surface area contributed by atoms with Crippen molar-refractivity contribution in [2.24, 2.45) is 10.1 Å². The third-order valence-corrected chi connectivity index (χ3v) is 13.4. The first kappa shape index (κ1) is 48.4. The fourth-order valence-corrected chi connectivity index (χ4v) is 8.53. The van der Waals surface area contributed by atoms with Crippen LogP contribution in [0.1, 0.15) is 129 Å². The summed E-state index contributed by atoms with van der Waals surface area (Å²) in [4.78, 5) is 39.9. The molecule has 2 amide bonds. The van der Waals surface area contributed by atoms with Gasteiger partial charge in [0, 0.05) is 47.7 Å². The molecule has 0 unspecified atom stereocenters. The number of halogens is 3. The second-order valence-electron chi connectivity index (χ2n) is 19.0. The average molecular weight is 937 g/mol. The summed E-state index contributed by atoms with van der Waals surface area (Å²) in [5, 5.41) is 15.1. The van der Waals surface area contributed by atoms with E-state index in [0.717, 1.165) is 49.4 Å². The van der Waals surface area contributed by atoms with Gasteiger partial charge in [0.2, 0.25) is 5.82 Å². The number of hydrogen-bond acceptors (Lipinski definition) is 8. The van der Waals surface area contributed by atoms with E-state index >= 15 is 0 Å². The van der Waals surface area contributed by atoms with Crippen LogP contribution in [0.4, 0.5) is 30.2 Å². The number of para-hydroxylation sites is 1. The van der Waals surface area contributed by atoms with E-state index in [1.54, 1.807) is 78.9 Å². The molecule has 1 fully saturated rings. The predicted octanol–water partition coefficient (Wildman–Crippen LogP) is 12.3. The molecule has 6 aromatic rings. The zero-order valence-corrected chi connectivity index (χ0v) is 40.1. The molecule has 0 aliphatic carbocycles. The highest BCUT2D eigenvalue weighted by Gasteiger charge is 2.37. The molecular weight excluding hydrogens is 878 g/mol. The molecule has 2 aliphatic rings. The lowest BCUT2D eigenvalue weighted by Crippen LogP contribution is -2.29. The number of rotatable bonds is 15. The van der Waals surface area contributed by atoms with Gasteiger partial charge in [-0.25, -0.2) is 9.98 Å². The van der Waals surface area contributed by atoms with Crippen LogP contribution >= 0.6 is 0 Å². The smallest absolute Gasteiger partial charge is 0.418 e. The van der Waals surface area contributed by atoms with E-state index in [-0.39, 0.29) is 51.2 Å². The minimum absolute atomic E-state index is 0.0193. The van der Waals surface area contributed by atoms with E-state index in [9.17, 15) is 22.8 Å². The van der Waals surface area contributed by atoms with Crippen molar-refractivity contribution in [3.8, 4) is 17.1 Å². The molecule has 1 saturated heterocycles. The van der Waals surface area contributed by atoms with Gasteiger partial charge in [-0.3, -0.25) is 9.59 Å². The molecule has 0 saturated carbocycles. The number of carbonyl (C=O) groups excluding carboxylic acids is 2. The Bertz CT molecular complexity index is 2880. The highest BCUT2D eigenvalue weighted by atomic mass is 19.4. The number of anilines is 2. The number of benzene rings is 5. The maximum atomic E-state index is 14.8. The summed E-state index contributed by atoms with van der Waals surface area (Å²) < 4.78 is 50.6. The first-order valence-electron chi connectivity index (χ1n) is 23.8. The number of aromatic nitrogens is 3. The molecule has 69 heavy (non-hydrogen) atoms. The highest BCUT2D eigenvalue weighted by molar-refractivity contribution is 6.46. The molecule has 0 atom stereocenters. The Morgan fingerprint density at radius 3 is 2.16 bits per heavy atom. The summed E-state index contributed by atoms with van der Waals surface area (Å²) in [6, 6.07) is 33.2. The quantitative estimate of drug-likeness (QED) is 0.0988. The molecule has 2 N–H and O–H groups in total. The molecule has 5 aromatic carbocycles. The van der Waals surface area contributed by atoms with Crippen LogP contribution in [0.3, 0.4) is 0 Å². The number of alkyl halides is 3. The van der Waals surface area contributed by atoms with Crippen molar-refractivity contribution < 1.29 is 27.5 Å². The van der Waals surface area contributed by atoms with Gasteiger partial charge in [0.25, 0.3) is 17.7 Å². The largest absolute Gasteiger partial charge is 0.436 e. The van der Waals surface area contributed by atoms with Gasteiger partial charge in [0.05, 0.1) is 11.3 Å². The number of piperidine rings is 1. The molecule has 1 aromatic heterocycles. The predicted molar refractivity (Wildman–Crippen MR) is 267 cm³/mol. The van der Waals surface area contributed by atoms with E-state index in [0.29, 0.717) is 54.3 Å². The van der Waals surface area contributed by atoms with Gasteiger partial charge < -0.3 is 20.3 Å². The van der Waals surface area contributed by atoms with Crippen molar-refractivity contribution in [3.05, 3.63) is 154 Å². The van der Waals surface area contributed by atoms with Gasteiger partial charge in [-0.15, -0.1) is 15.0 Å². The number of nitrogens with one attached hydrogen (secondary N) is 2. The van der Waals surface area contributed by atoms with Crippen LogP contribution in [-0.4, -0.2) is 57.9 Å². The zero-order chi connectivity index (χ0) is 48.9. The van der Waals surface area contributed by atoms with Crippen LogP contribution in [0.2, 0.25) is 0 Å². The Labute approximate surface area is 401 Å². The zero-order valence-electron chi connectivity index (χ0n) is 40.1. The van der Waals surface area contributed by atoms with E-state index < -0.39 is 17.6 Å². The fourth-order valence-electron chi connectivity index (χ4n) is 8.53. The van der Waals surface area contributed by atoms with Crippen LogP contribution in [0, 0.1) is 0 Å². The summed E-state index contributed by atoms with van der Waals surface area (Å²) in [5.74, 6) is -0.395. The van der Waals surface area contributed by atoms with Gasteiger partial charge in [-0.05, 0) is 133 Å². The van der Waals surface area contributed by atoms with E-state index in [1.165, 1.54) is 22.8 Å². The third kappa shape index (κ3) is 11.1. The van der Waals surface area contributed by atoms with Crippen LogP contribution in [0.25, 0.3) is 11.4 Å². The van der Waals surface area contributed by atoms with Gasteiger partial charge in [0.15, 0.2) is 11.5 Å². The maximum absolute atomic E-state index is 14.8. The minimum Gasteiger partial charge on any atom is -0.436 e. The topological polar surface area (TPSA) is 126 Å². The van der Waals surface area contributed by atoms with E-state index in [1.807, 2.05) is 11.0 Å². The first-order valence-corrected chi connectivity index (χ1v) is 23.8. The van der Waals surface area contributed by atoms with Gasteiger partial charge in [0.1, 0.15) is 5.75 Å². The average Bonchev–Trinajstić information content (AvgIpc) is 3.91. The third-order valence-electron chi connectivity index (χ3n) is 13.4. The van der Waals surface area contributed by atoms with Gasteiger partial charge in [-0.2, -0.15) is 13.2 Å². The number of carbonyl (C=O) groups is 2. The molecule has 0 radical (unpaired) electrons. The van der Waals surface area contributed by atoms with Crippen molar-refractivity contribution in [2.45, 2.75) is 103 Å². The lowest BCUT2D eigenvalue weighted by atomic mass is 9.74. The normalized spacial score (nSPS) is 14.7.